The quantitative estimate of drug-likeness (QED) is 0.734. The summed E-state index contributed by atoms with van der Waals surface area (Å²) in [5.41, 5.74) is 2.31. The highest BCUT2D eigenvalue weighted by molar-refractivity contribution is 8.00. The standard InChI is InChI=1S/C18H20ClNO2S/c1-22-12-11-20-17(21)13-23-18(14-5-3-2-4-6-14)15-7-9-16(19)10-8-15/h2-10,18H,11-13H2,1H3,(H,20,21)/t18-/m0/s1. The van der Waals surface area contributed by atoms with Crippen LogP contribution in [0.25, 0.3) is 0 Å². The van der Waals surface area contributed by atoms with Crippen LogP contribution in [-0.4, -0.2) is 31.9 Å². The smallest absolute Gasteiger partial charge is 0.230 e. The van der Waals surface area contributed by atoms with Gasteiger partial charge in [0.1, 0.15) is 0 Å². The highest BCUT2D eigenvalue weighted by Crippen LogP contribution is 2.35. The van der Waals surface area contributed by atoms with Crippen molar-refractivity contribution >= 4 is 29.3 Å². The Kier molecular flexibility index (Phi) is 7.46. The third-order valence-electron chi connectivity index (χ3n) is 3.28. The zero-order chi connectivity index (χ0) is 16.5. The van der Waals surface area contributed by atoms with Gasteiger partial charge in [-0.1, -0.05) is 54.1 Å². The summed E-state index contributed by atoms with van der Waals surface area (Å²) in [7, 11) is 1.62. The molecule has 0 saturated heterocycles. The van der Waals surface area contributed by atoms with Gasteiger partial charge in [-0.25, -0.2) is 0 Å². The molecule has 0 aliphatic rings. The number of hydrogen-bond acceptors (Lipinski definition) is 3. The largest absolute Gasteiger partial charge is 0.383 e. The Morgan fingerprint density at radius 1 is 1.13 bits per heavy atom. The summed E-state index contributed by atoms with van der Waals surface area (Å²) in [6.45, 7) is 1.06. The number of nitrogens with one attached hydrogen (secondary N) is 1. The minimum Gasteiger partial charge on any atom is -0.383 e. The molecule has 0 radical (unpaired) electrons. The molecule has 2 rings (SSSR count). The lowest BCUT2D eigenvalue weighted by atomic mass is 10.0. The van der Waals surface area contributed by atoms with Crippen LogP contribution < -0.4 is 5.32 Å². The van der Waals surface area contributed by atoms with Crippen molar-refractivity contribution in [2.45, 2.75) is 5.25 Å². The van der Waals surface area contributed by atoms with Crippen LogP contribution in [0.15, 0.2) is 54.6 Å². The zero-order valence-corrected chi connectivity index (χ0v) is 14.6. The van der Waals surface area contributed by atoms with Crippen molar-refractivity contribution in [1.82, 2.24) is 5.32 Å². The molecule has 0 aromatic heterocycles. The van der Waals surface area contributed by atoms with E-state index in [0.29, 0.717) is 23.9 Å². The van der Waals surface area contributed by atoms with Crippen LogP contribution >= 0.6 is 23.4 Å². The van der Waals surface area contributed by atoms with Gasteiger partial charge in [-0.05, 0) is 23.3 Å². The molecule has 23 heavy (non-hydrogen) atoms. The predicted octanol–water partition coefficient (Wildman–Crippen LogP) is 3.93. The number of hydrogen-bond donors (Lipinski definition) is 1. The predicted molar refractivity (Wildman–Crippen MR) is 97.1 cm³/mol. The number of benzene rings is 2. The highest BCUT2D eigenvalue weighted by atomic mass is 35.5. The second-order valence-corrected chi connectivity index (χ2v) is 6.53. The van der Waals surface area contributed by atoms with E-state index in [1.54, 1.807) is 18.9 Å². The lowest BCUT2D eigenvalue weighted by Gasteiger charge is -2.17. The van der Waals surface area contributed by atoms with Crippen molar-refractivity contribution in [3.05, 3.63) is 70.7 Å². The monoisotopic (exact) mass is 349 g/mol. The molecule has 2 aromatic carbocycles. The molecule has 5 heteroatoms. The van der Waals surface area contributed by atoms with Crippen LogP contribution in [0.4, 0.5) is 0 Å². The molecule has 1 atom stereocenters. The summed E-state index contributed by atoms with van der Waals surface area (Å²) in [5.74, 6) is 0.410. The molecule has 0 aliphatic heterocycles. The van der Waals surface area contributed by atoms with Gasteiger partial charge in [0, 0.05) is 18.7 Å². The van der Waals surface area contributed by atoms with E-state index in [1.807, 2.05) is 42.5 Å². The summed E-state index contributed by atoms with van der Waals surface area (Å²) < 4.78 is 4.93. The Labute approximate surface area is 146 Å². The van der Waals surface area contributed by atoms with Crippen molar-refractivity contribution < 1.29 is 9.53 Å². The molecule has 0 fully saturated rings. The average Bonchev–Trinajstić information content (AvgIpc) is 2.58. The first-order valence-corrected chi connectivity index (χ1v) is 8.81. The van der Waals surface area contributed by atoms with E-state index < -0.39 is 0 Å². The Morgan fingerprint density at radius 2 is 1.78 bits per heavy atom. The van der Waals surface area contributed by atoms with Crippen molar-refractivity contribution in [3.63, 3.8) is 0 Å². The Hall–Kier alpha value is -1.49. The number of amides is 1. The van der Waals surface area contributed by atoms with Gasteiger partial charge < -0.3 is 10.1 Å². The molecule has 0 aliphatic carbocycles. The Bertz CT molecular complexity index is 604. The molecular formula is C18H20ClNO2S. The van der Waals surface area contributed by atoms with E-state index in [2.05, 4.69) is 17.4 Å². The van der Waals surface area contributed by atoms with Crippen molar-refractivity contribution in [1.29, 1.82) is 0 Å². The van der Waals surface area contributed by atoms with Crippen molar-refractivity contribution in [3.8, 4) is 0 Å². The molecule has 0 heterocycles. The topological polar surface area (TPSA) is 38.3 Å². The number of thioether (sulfide) groups is 1. The lowest BCUT2D eigenvalue weighted by Crippen LogP contribution is -2.28. The zero-order valence-electron chi connectivity index (χ0n) is 13.0. The second kappa shape index (κ2) is 9.60. The van der Waals surface area contributed by atoms with Gasteiger partial charge in [-0.2, -0.15) is 0 Å². The summed E-state index contributed by atoms with van der Waals surface area (Å²) in [6.07, 6.45) is 0. The highest BCUT2D eigenvalue weighted by Gasteiger charge is 2.16. The molecule has 0 unspecified atom stereocenters. The van der Waals surface area contributed by atoms with Gasteiger partial charge >= 0.3 is 0 Å². The van der Waals surface area contributed by atoms with Gasteiger partial charge in [0.2, 0.25) is 5.91 Å². The molecule has 3 nitrogen and oxygen atoms in total. The van der Waals surface area contributed by atoms with Crippen LogP contribution in [0.2, 0.25) is 5.02 Å². The molecule has 2 aromatic rings. The van der Waals surface area contributed by atoms with Crippen LogP contribution in [0.3, 0.4) is 0 Å². The van der Waals surface area contributed by atoms with Crippen LogP contribution in [0, 0.1) is 0 Å². The summed E-state index contributed by atoms with van der Waals surface area (Å²) in [6, 6.07) is 18.0. The van der Waals surface area contributed by atoms with Gasteiger partial charge in [0.15, 0.2) is 0 Å². The van der Waals surface area contributed by atoms with Gasteiger partial charge in [0.05, 0.1) is 17.6 Å². The first kappa shape index (κ1) is 17.9. The maximum absolute atomic E-state index is 11.9. The normalized spacial score (nSPS) is 11.9. The summed E-state index contributed by atoms with van der Waals surface area (Å²) in [5, 5.41) is 3.65. The SMILES string of the molecule is COCCNC(=O)CS[C@@H](c1ccccc1)c1ccc(Cl)cc1. The molecule has 0 bridgehead atoms. The molecule has 1 amide bonds. The molecule has 1 N–H and O–H groups in total. The van der Waals surface area contributed by atoms with E-state index in [9.17, 15) is 4.79 Å². The van der Waals surface area contributed by atoms with Gasteiger partial charge in [0.25, 0.3) is 0 Å². The minimum absolute atomic E-state index is 0.0157. The Balaban J connectivity index is 2.06. The molecular weight excluding hydrogens is 330 g/mol. The second-order valence-electron chi connectivity index (χ2n) is 5.00. The first-order valence-electron chi connectivity index (χ1n) is 7.38. The minimum atomic E-state index is 0.0157. The first-order chi connectivity index (χ1) is 11.2. The Morgan fingerprint density at radius 3 is 2.43 bits per heavy atom. The van der Waals surface area contributed by atoms with E-state index in [0.717, 1.165) is 5.56 Å². The summed E-state index contributed by atoms with van der Waals surface area (Å²) in [4.78, 5) is 11.9. The van der Waals surface area contributed by atoms with Crippen LogP contribution in [0.5, 0.6) is 0 Å². The van der Waals surface area contributed by atoms with E-state index in [-0.39, 0.29) is 11.2 Å². The number of ether oxygens (including phenoxy) is 1. The van der Waals surface area contributed by atoms with Crippen molar-refractivity contribution in [2.24, 2.45) is 0 Å². The van der Waals surface area contributed by atoms with Gasteiger partial charge in [-0.3, -0.25) is 4.79 Å². The van der Waals surface area contributed by atoms with E-state index in [4.69, 9.17) is 16.3 Å². The molecule has 0 saturated carbocycles. The van der Waals surface area contributed by atoms with Gasteiger partial charge in [-0.15, -0.1) is 11.8 Å². The fraction of sp³-hybridized carbons (Fsp3) is 0.278. The lowest BCUT2D eigenvalue weighted by molar-refractivity contribution is -0.118. The third-order valence-corrected chi connectivity index (χ3v) is 4.84. The third kappa shape index (κ3) is 5.90. The fourth-order valence-corrected chi connectivity index (χ4v) is 3.40. The number of methoxy groups -OCH3 is 1. The number of carbonyl (C=O) groups excluding carboxylic acids is 1. The number of rotatable bonds is 8. The van der Waals surface area contributed by atoms with Crippen LogP contribution in [0.1, 0.15) is 16.4 Å². The maximum atomic E-state index is 11.9. The number of carbonyl (C=O) groups is 1. The average molecular weight is 350 g/mol. The van der Waals surface area contributed by atoms with E-state index >= 15 is 0 Å². The van der Waals surface area contributed by atoms with E-state index in [1.165, 1.54) is 5.56 Å². The fourth-order valence-electron chi connectivity index (χ4n) is 2.15. The molecule has 0 spiro atoms. The van der Waals surface area contributed by atoms with Crippen molar-refractivity contribution in [2.75, 3.05) is 26.0 Å². The maximum Gasteiger partial charge on any atom is 0.230 e. The molecule has 122 valence electrons. The van der Waals surface area contributed by atoms with Crippen LogP contribution in [-0.2, 0) is 9.53 Å². The number of halogens is 1. The summed E-state index contributed by atoms with van der Waals surface area (Å²) >= 11 is 7.58.